The SMILES string of the molecule is O=C(c1cc2cc(F)ccc2[nH]1)N1CCCC[C@H]1c1cccnc1. The number of hydrogen-bond donors (Lipinski definition) is 1. The smallest absolute Gasteiger partial charge is 0.270 e. The quantitative estimate of drug-likeness (QED) is 0.773. The molecule has 0 aliphatic carbocycles. The summed E-state index contributed by atoms with van der Waals surface area (Å²) in [6.45, 7) is 0.724. The average Bonchev–Trinajstić information content (AvgIpc) is 3.05. The van der Waals surface area contributed by atoms with E-state index in [1.54, 1.807) is 18.3 Å². The number of hydrogen-bond acceptors (Lipinski definition) is 2. The molecule has 1 N–H and O–H groups in total. The monoisotopic (exact) mass is 323 g/mol. The lowest BCUT2D eigenvalue weighted by Crippen LogP contribution is -2.38. The standard InChI is InChI=1S/C19H18FN3O/c20-15-6-7-16-14(10-15)11-17(22-16)19(24)23-9-2-1-5-18(23)13-4-3-8-21-12-13/h3-4,6-8,10-12,18,22H,1-2,5,9H2/t18-/m0/s1. The highest BCUT2D eigenvalue weighted by Gasteiger charge is 2.29. The zero-order valence-corrected chi connectivity index (χ0v) is 13.2. The van der Waals surface area contributed by atoms with Gasteiger partial charge in [-0.05, 0) is 55.2 Å². The largest absolute Gasteiger partial charge is 0.351 e. The van der Waals surface area contributed by atoms with Gasteiger partial charge in [-0.15, -0.1) is 0 Å². The van der Waals surface area contributed by atoms with E-state index in [9.17, 15) is 9.18 Å². The number of likely N-dealkylation sites (tertiary alicyclic amines) is 1. The molecule has 1 aliphatic rings. The highest BCUT2D eigenvalue weighted by molar-refractivity contribution is 5.98. The first kappa shape index (κ1) is 14.9. The zero-order chi connectivity index (χ0) is 16.5. The molecule has 24 heavy (non-hydrogen) atoms. The molecule has 0 bridgehead atoms. The van der Waals surface area contributed by atoms with Gasteiger partial charge in [-0.3, -0.25) is 9.78 Å². The topological polar surface area (TPSA) is 49.0 Å². The number of carbonyl (C=O) groups is 1. The maximum atomic E-state index is 13.4. The summed E-state index contributed by atoms with van der Waals surface area (Å²) in [6, 6.07) is 10.2. The first-order valence-corrected chi connectivity index (χ1v) is 8.21. The number of piperidine rings is 1. The van der Waals surface area contributed by atoms with Crippen LogP contribution in [-0.4, -0.2) is 27.3 Å². The zero-order valence-electron chi connectivity index (χ0n) is 13.2. The van der Waals surface area contributed by atoms with Crippen molar-refractivity contribution in [3.63, 3.8) is 0 Å². The molecule has 2 aromatic heterocycles. The molecule has 122 valence electrons. The van der Waals surface area contributed by atoms with E-state index in [2.05, 4.69) is 9.97 Å². The van der Waals surface area contributed by atoms with Crippen LogP contribution in [-0.2, 0) is 0 Å². The van der Waals surface area contributed by atoms with Crippen molar-refractivity contribution in [2.75, 3.05) is 6.54 Å². The van der Waals surface area contributed by atoms with Crippen molar-refractivity contribution >= 4 is 16.8 Å². The second-order valence-corrected chi connectivity index (χ2v) is 6.21. The Balaban J connectivity index is 1.67. The number of rotatable bonds is 2. The van der Waals surface area contributed by atoms with Gasteiger partial charge in [-0.2, -0.15) is 0 Å². The van der Waals surface area contributed by atoms with Crippen LogP contribution in [0.3, 0.4) is 0 Å². The van der Waals surface area contributed by atoms with E-state index in [-0.39, 0.29) is 17.8 Å². The van der Waals surface area contributed by atoms with E-state index in [4.69, 9.17) is 0 Å². The van der Waals surface area contributed by atoms with E-state index in [0.29, 0.717) is 11.1 Å². The number of nitrogens with zero attached hydrogens (tertiary/aromatic N) is 2. The Hall–Kier alpha value is -2.69. The average molecular weight is 323 g/mol. The Kier molecular flexibility index (Phi) is 3.76. The maximum Gasteiger partial charge on any atom is 0.270 e. The van der Waals surface area contributed by atoms with Gasteiger partial charge in [0.25, 0.3) is 5.91 Å². The number of nitrogens with one attached hydrogen (secondary N) is 1. The molecule has 4 nitrogen and oxygen atoms in total. The molecular weight excluding hydrogens is 305 g/mol. The van der Waals surface area contributed by atoms with Crippen LogP contribution in [0.4, 0.5) is 4.39 Å². The number of benzene rings is 1. The van der Waals surface area contributed by atoms with Crippen molar-refractivity contribution < 1.29 is 9.18 Å². The van der Waals surface area contributed by atoms with Gasteiger partial charge in [0.1, 0.15) is 11.5 Å². The Labute approximate surface area is 139 Å². The normalized spacial score (nSPS) is 18.0. The molecule has 1 aliphatic heterocycles. The molecule has 0 radical (unpaired) electrons. The van der Waals surface area contributed by atoms with Crippen molar-refractivity contribution in [3.05, 3.63) is 65.9 Å². The first-order chi connectivity index (χ1) is 11.7. The predicted octanol–water partition coefficient (Wildman–Crippen LogP) is 4.07. The van der Waals surface area contributed by atoms with Crippen molar-refractivity contribution in [3.8, 4) is 0 Å². The van der Waals surface area contributed by atoms with Gasteiger partial charge < -0.3 is 9.88 Å². The number of aromatic amines is 1. The summed E-state index contributed by atoms with van der Waals surface area (Å²) in [5.41, 5.74) is 2.34. The number of aromatic nitrogens is 2. The minimum absolute atomic E-state index is 0.0415. The predicted molar refractivity (Wildman–Crippen MR) is 90.1 cm³/mol. The van der Waals surface area contributed by atoms with Crippen LogP contribution in [0.25, 0.3) is 10.9 Å². The van der Waals surface area contributed by atoms with Crippen LogP contribution < -0.4 is 0 Å². The molecule has 1 fully saturated rings. The molecular formula is C19H18FN3O. The second-order valence-electron chi connectivity index (χ2n) is 6.21. The lowest BCUT2D eigenvalue weighted by Gasteiger charge is -2.35. The molecule has 3 heterocycles. The van der Waals surface area contributed by atoms with Gasteiger partial charge >= 0.3 is 0 Å². The van der Waals surface area contributed by atoms with Crippen LogP contribution in [0.2, 0.25) is 0 Å². The Morgan fingerprint density at radius 2 is 2.17 bits per heavy atom. The summed E-state index contributed by atoms with van der Waals surface area (Å²) in [4.78, 5) is 22.2. The van der Waals surface area contributed by atoms with E-state index in [1.807, 2.05) is 23.2 Å². The number of fused-ring (bicyclic) bond motifs is 1. The van der Waals surface area contributed by atoms with Gasteiger partial charge in [-0.25, -0.2) is 4.39 Å². The highest BCUT2D eigenvalue weighted by atomic mass is 19.1. The fraction of sp³-hybridized carbons (Fsp3) is 0.263. The molecule has 4 rings (SSSR count). The molecule has 3 aromatic rings. The molecule has 1 aromatic carbocycles. The number of halogens is 1. The Morgan fingerprint density at radius 1 is 1.25 bits per heavy atom. The van der Waals surface area contributed by atoms with Gasteiger partial charge in [0.05, 0.1) is 6.04 Å². The maximum absolute atomic E-state index is 13.4. The fourth-order valence-corrected chi connectivity index (χ4v) is 3.47. The molecule has 0 unspecified atom stereocenters. The highest BCUT2D eigenvalue weighted by Crippen LogP contribution is 2.32. The molecule has 0 spiro atoms. The summed E-state index contributed by atoms with van der Waals surface area (Å²) in [5.74, 6) is -0.341. The molecule has 1 amide bonds. The first-order valence-electron chi connectivity index (χ1n) is 8.21. The van der Waals surface area contributed by atoms with Gasteiger partial charge in [0, 0.05) is 29.8 Å². The third-order valence-corrected chi connectivity index (χ3v) is 4.65. The van der Waals surface area contributed by atoms with Crippen molar-refractivity contribution in [2.24, 2.45) is 0 Å². The van der Waals surface area contributed by atoms with Crippen molar-refractivity contribution in [1.29, 1.82) is 0 Å². The summed E-state index contributed by atoms with van der Waals surface area (Å²) in [7, 11) is 0. The van der Waals surface area contributed by atoms with E-state index >= 15 is 0 Å². The lowest BCUT2D eigenvalue weighted by atomic mass is 9.96. The molecule has 5 heteroatoms. The van der Waals surface area contributed by atoms with Crippen LogP contribution in [0.1, 0.15) is 41.4 Å². The van der Waals surface area contributed by atoms with Crippen LogP contribution in [0.5, 0.6) is 0 Å². The third-order valence-electron chi connectivity index (χ3n) is 4.65. The molecule has 0 saturated carbocycles. The minimum atomic E-state index is -0.299. The van der Waals surface area contributed by atoms with Gasteiger partial charge in [0.15, 0.2) is 0 Å². The number of amides is 1. The summed E-state index contributed by atoms with van der Waals surface area (Å²) in [5, 5.41) is 0.716. The number of H-pyrrole nitrogens is 1. The summed E-state index contributed by atoms with van der Waals surface area (Å²) < 4.78 is 13.4. The fourth-order valence-electron chi connectivity index (χ4n) is 3.47. The van der Waals surface area contributed by atoms with Crippen LogP contribution >= 0.6 is 0 Å². The Bertz CT molecular complexity index is 875. The van der Waals surface area contributed by atoms with Gasteiger partial charge in [0.2, 0.25) is 0 Å². The van der Waals surface area contributed by atoms with E-state index in [0.717, 1.165) is 36.9 Å². The number of carbonyl (C=O) groups excluding carboxylic acids is 1. The third kappa shape index (κ3) is 2.66. The Morgan fingerprint density at radius 3 is 3.00 bits per heavy atom. The lowest BCUT2D eigenvalue weighted by molar-refractivity contribution is 0.0606. The van der Waals surface area contributed by atoms with Crippen molar-refractivity contribution in [2.45, 2.75) is 25.3 Å². The molecule has 1 saturated heterocycles. The van der Waals surface area contributed by atoms with Gasteiger partial charge in [-0.1, -0.05) is 6.07 Å². The van der Waals surface area contributed by atoms with Crippen LogP contribution in [0, 0.1) is 5.82 Å². The van der Waals surface area contributed by atoms with E-state index < -0.39 is 0 Å². The van der Waals surface area contributed by atoms with E-state index in [1.165, 1.54) is 12.1 Å². The molecule has 1 atom stereocenters. The second kappa shape index (κ2) is 6.07. The summed E-state index contributed by atoms with van der Waals surface area (Å²) in [6.07, 6.45) is 6.60. The number of pyridine rings is 1. The minimum Gasteiger partial charge on any atom is -0.351 e. The van der Waals surface area contributed by atoms with Crippen molar-refractivity contribution in [1.82, 2.24) is 14.9 Å². The van der Waals surface area contributed by atoms with Crippen LogP contribution in [0.15, 0.2) is 48.8 Å². The summed E-state index contributed by atoms with van der Waals surface area (Å²) >= 11 is 0.